The lowest BCUT2D eigenvalue weighted by Gasteiger charge is -2.21. The zero-order valence-electron chi connectivity index (χ0n) is 12.5. The van der Waals surface area contributed by atoms with E-state index in [1.807, 2.05) is 60.7 Å². The number of pyridine rings is 1. The van der Waals surface area contributed by atoms with Crippen molar-refractivity contribution in [3.63, 3.8) is 0 Å². The van der Waals surface area contributed by atoms with Crippen LogP contribution in [0.2, 0.25) is 0 Å². The quantitative estimate of drug-likeness (QED) is 0.728. The van der Waals surface area contributed by atoms with Gasteiger partial charge >= 0.3 is 0 Å². The van der Waals surface area contributed by atoms with E-state index in [-0.39, 0.29) is 5.91 Å². The fourth-order valence-electron chi connectivity index (χ4n) is 2.84. The zero-order chi connectivity index (χ0) is 15.6. The van der Waals surface area contributed by atoms with Crippen molar-refractivity contribution in [1.82, 2.24) is 4.98 Å². The van der Waals surface area contributed by atoms with Gasteiger partial charge < -0.3 is 4.90 Å². The SMILES string of the molecule is O=C1C=NCc2ccccc2N1Cc1ccc2ccccc2n1. The van der Waals surface area contributed by atoms with Crippen LogP contribution in [0.3, 0.4) is 0 Å². The Morgan fingerprint density at radius 1 is 0.957 bits per heavy atom. The smallest absolute Gasteiger partial charge is 0.269 e. The highest BCUT2D eigenvalue weighted by atomic mass is 16.2. The molecule has 4 rings (SSSR count). The molecule has 1 aliphatic heterocycles. The van der Waals surface area contributed by atoms with Gasteiger partial charge in [-0.25, -0.2) is 0 Å². The fraction of sp³-hybridized carbons (Fsp3) is 0.105. The number of hydrogen-bond donors (Lipinski definition) is 0. The van der Waals surface area contributed by atoms with E-state index in [0.29, 0.717) is 13.1 Å². The van der Waals surface area contributed by atoms with Crippen LogP contribution in [0.1, 0.15) is 11.3 Å². The summed E-state index contributed by atoms with van der Waals surface area (Å²) in [7, 11) is 0. The maximum Gasteiger partial charge on any atom is 0.269 e. The summed E-state index contributed by atoms with van der Waals surface area (Å²) in [4.78, 5) is 23.0. The average molecular weight is 301 g/mol. The second-order valence-electron chi connectivity index (χ2n) is 5.52. The number of carbonyl (C=O) groups excluding carboxylic acids is 1. The molecule has 0 aliphatic carbocycles. The molecule has 2 aromatic carbocycles. The molecule has 4 nitrogen and oxygen atoms in total. The summed E-state index contributed by atoms with van der Waals surface area (Å²) in [6.45, 7) is 0.969. The highest BCUT2D eigenvalue weighted by Gasteiger charge is 2.20. The number of aliphatic imine (C=N–C) groups is 1. The Labute approximate surface area is 134 Å². The maximum atomic E-state index is 12.4. The van der Waals surface area contributed by atoms with Crippen molar-refractivity contribution in [2.24, 2.45) is 4.99 Å². The van der Waals surface area contributed by atoms with E-state index in [0.717, 1.165) is 27.8 Å². The molecule has 1 aromatic heterocycles. The van der Waals surface area contributed by atoms with Crippen molar-refractivity contribution in [3.05, 3.63) is 71.9 Å². The normalized spacial score (nSPS) is 13.9. The average Bonchev–Trinajstić information content (AvgIpc) is 2.74. The number of hydrogen-bond acceptors (Lipinski definition) is 3. The Balaban J connectivity index is 1.73. The second-order valence-corrected chi connectivity index (χ2v) is 5.52. The molecule has 0 N–H and O–H groups in total. The van der Waals surface area contributed by atoms with Crippen molar-refractivity contribution in [2.75, 3.05) is 4.90 Å². The van der Waals surface area contributed by atoms with Crippen LogP contribution in [-0.4, -0.2) is 17.1 Å². The van der Waals surface area contributed by atoms with E-state index in [1.165, 1.54) is 6.21 Å². The van der Waals surface area contributed by atoms with E-state index in [2.05, 4.69) is 9.98 Å². The highest BCUT2D eigenvalue weighted by Crippen LogP contribution is 2.25. The van der Waals surface area contributed by atoms with Crippen LogP contribution in [0.4, 0.5) is 5.69 Å². The molecule has 2 heterocycles. The molecule has 0 bridgehead atoms. The van der Waals surface area contributed by atoms with Crippen LogP contribution in [0.15, 0.2) is 65.7 Å². The molecule has 0 atom stereocenters. The largest absolute Gasteiger partial charge is 0.301 e. The van der Waals surface area contributed by atoms with Gasteiger partial charge in [-0.2, -0.15) is 0 Å². The van der Waals surface area contributed by atoms with Crippen LogP contribution < -0.4 is 4.90 Å². The molecule has 3 aromatic rings. The predicted octanol–water partition coefficient (Wildman–Crippen LogP) is 3.35. The van der Waals surface area contributed by atoms with Gasteiger partial charge in [0.1, 0.15) is 0 Å². The summed E-state index contributed by atoms with van der Waals surface area (Å²) >= 11 is 0. The first-order valence-electron chi connectivity index (χ1n) is 7.55. The van der Waals surface area contributed by atoms with E-state index >= 15 is 0 Å². The van der Waals surface area contributed by atoms with Crippen molar-refractivity contribution in [1.29, 1.82) is 0 Å². The Bertz CT molecular complexity index is 917. The lowest BCUT2D eigenvalue weighted by molar-refractivity contribution is -0.112. The molecule has 0 spiro atoms. The van der Waals surface area contributed by atoms with Gasteiger partial charge in [0.15, 0.2) is 0 Å². The summed E-state index contributed by atoms with van der Waals surface area (Å²) < 4.78 is 0. The van der Waals surface area contributed by atoms with Gasteiger partial charge in [0.2, 0.25) is 0 Å². The lowest BCUT2D eigenvalue weighted by atomic mass is 10.1. The third kappa shape index (κ3) is 2.59. The third-order valence-corrected chi connectivity index (χ3v) is 3.99. The minimum absolute atomic E-state index is 0.107. The van der Waals surface area contributed by atoms with E-state index < -0.39 is 0 Å². The molecule has 0 radical (unpaired) electrons. The first kappa shape index (κ1) is 13.6. The van der Waals surface area contributed by atoms with E-state index in [4.69, 9.17) is 0 Å². The van der Waals surface area contributed by atoms with Crippen molar-refractivity contribution >= 4 is 28.7 Å². The number of carbonyl (C=O) groups is 1. The third-order valence-electron chi connectivity index (χ3n) is 3.99. The first-order chi connectivity index (χ1) is 11.3. The van der Waals surface area contributed by atoms with Crippen LogP contribution in [0, 0.1) is 0 Å². The molecular weight excluding hydrogens is 286 g/mol. The van der Waals surface area contributed by atoms with Crippen molar-refractivity contribution < 1.29 is 4.79 Å². The fourth-order valence-corrected chi connectivity index (χ4v) is 2.84. The van der Waals surface area contributed by atoms with Gasteiger partial charge in [-0.15, -0.1) is 0 Å². The second kappa shape index (κ2) is 5.65. The Morgan fingerprint density at radius 2 is 1.78 bits per heavy atom. The zero-order valence-corrected chi connectivity index (χ0v) is 12.5. The van der Waals surface area contributed by atoms with Crippen LogP contribution in [-0.2, 0) is 17.9 Å². The maximum absolute atomic E-state index is 12.4. The topological polar surface area (TPSA) is 45.6 Å². The van der Waals surface area contributed by atoms with E-state index in [1.54, 1.807) is 4.90 Å². The Morgan fingerprint density at radius 3 is 2.74 bits per heavy atom. The molecule has 1 amide bonds. The number of fused-ring (bicyclic) bond motifs is 2. The first-order valence-corrected chi connectivity index (χ1v) is 7.55. The summed E-state index contributed by atoms with van der Waals surface area (Å²) in [5.41, 5.74) is 3.76. The number of benzene rings is 2. The van der Waals surface area contributed by atoms with Crippen molar-refractivity contribution in [3.8, 4) is 0 Å². The predicted molar refractivity (Wildman–Crippen MR) is 91.6 cm³/mol. The standard InChI is InChI=1S/C19H15N3O/c23-19-12-20-11-15-6-2-4-8-18(15)22(19)13-16-10-9-14-5-1-3-7-17(14)21-16/h1-10,12H,11,13H2. The Hall–Kier alpha value is -3.01. The van der Waals surface area contributed by atoms with Crippen LogP contribution in [0.25, 0.3) is 10.9 Å². The number of nitrogens with zero attached hydrogens (tertiary/aromatic N) is 3. The molecule has 4 heteroatoms. The number of amides is 1. The molecule has 0 saturated heterocycles. The van der Waals surface area contributed by atoms with Gasteiger partial charge in [0.25, 0.3) is 5.91 Å². The number of aromatic nitrogens is 1. The van der Waals surface area contributed by atoms with E-state index in [9.17, 15) is 4.79 Å². The van der Waals surface area contributed by atoms with Gasteiger partial charge in [0, 0.05) is 11.1 Å². The summed E-state index contributed by atoms with van der Waals surface area (Å²) in [6, 6.07) is 19.9. The monoisotopic (exact) mass is 301 g/mol. The molecule has 0 unspecified atom stereocenters. The lowest BCUT2D eigenvalue weighted by Crippen LogP contribution is -2.31. The van der Waals surface area contributed by atoms with Crippen LogP contribution in [0.5, 0.6) is 0 Å². The van der Waals surface area contributed by atoms with Gasteiger partial charge in [-0.1, -0.05) is 42.5 Å². The molecule has 1 aliphatic rings. The number of anilines is 1. The molecule has 23 heavy (non-hydrogen) atoms. The summed E-state index contributed by atoms with van der Waals surface area (Å²) in [5.74, 6) is -0.107. The Kier molecular flexibility index (Phi) is 3.35. The molecule has 112 valence electrons. The summed E-state index contributed by atoms with van der Waals surface area (Å²) in [5, 5.41) is 1.10. The molecule has 0 saturated carbocycles. The van der Waals surface area contributed by atoms with Gasteiger partial charge in [-0.05, 0) is 23.8 Å². The highest BCUT2D eigenvalue weighted by molar-refractivity contribution is 6.33. The summed E-state index contributed by atoms with van der Waals surface area (Å²) in [6.07, 6.45) is 1.40. The van der Waals surface area contributed by atoms with Crippen LogP contribution >= 0.6 is 0 Å². The number of para-hydroxylation sites is 2. The molecular formula is C19H15N3O. The minimum Gasteiger partial charge on any atom is -0.301 e. The van der Waals surface area contributed by atoms with Crippen molar-refractivity contribution in [2.45, 2.75) is 13.1 Å². The minimum atomic E-state index is -0.107. The van der Waals surface area contributed by atoms with Gasteiger partial charge in [0.05, 0.1) is 30.5 Å². The van der Waals surface area contributed by atoms with Gasteiger partial charge in [-0.3, -0.25) is 14.8 Å². The molecule has 0 fully saturated rings. The number of rotatable bonds is 2.